The fraction of sp³-hybridized carbons (Fsp3) is 0.0556. The molecule has 0 aliphatic heterocycles. The van der Waals surface area contributed by atoms with Gasteiger partial charge in [-0.05, 0) is 48.5 Å². The van der Waals surface area contributed by atoms with Gasteiger partial charge in [0.1, 0.15) is 5.82 Å². The second-order valence-electron chi connectivity index (χ2n) is 5.98. The van der Waals surface area contributed by atoms with E-state index in [1.54, 1.807) is 0 Å². The minimum absolute atomic E-state index is 0.00533. The Morgan fingerprint density at radius 3 is 2.07 bits per heavy atom. The molecule has 0 saturated heterocycles. The van der Waals surface area contributed by atoms with Gasteiger partial charge in [-0.15, -0.1) is 0 Å². The number of urea groups is 1. The molecule has 1 aromatic heterocycles. The van der Waals surface area contributed by atoms with Crippen molar-refractivity contribution in [2.45, 2.75) is 16.3 Å². The third-order valence-electron chi connectivity index (χ3n) is 4.01. The molecule has 0 unspecified atom stereocenters. The molecule has 0 spiro atoms. The van der Waals surface area contributed by atoms with Gasteiger partial charge in [0.05, 0.1) is 15.5 Å². The summed E-state index contributed by atoms with van der Waals surface area (Å²) < 4.78 is 39.6. The van der Waals surface area contributed by atoms with Gasteiger partial charge in [0, 0.05) is 18.3 Å². The number of carbonyl (C=O) groups is 2. The molecule has 3 rings (SSSR count). The van der Waals surface area contributed by atoms with E-state index in [1.807, 2.05) is 0 Å². The lowest BCUT2D eigenvalue weighted by atomic mass is 10.2. The maximum Gasteiger partial charge on any atom is 0.312 e. The predicted octanol–water partition coefficient (Wildman–Crippen LogP) is 1.11. The van der Waals surface area contributed by atoms with Crippen LogP contribution < -0.4 is 16.8 Å². The van der Waals surface area contributed by atoms with E-state index in [2.05, 4.69) is 10.4 Å². The van der Waals surface area contributed by atoms with Crippen LogP contribution in [-0.2, 0) is 16.4 Å². The minimum atomic E-state index is -3.82. The number of nitrogens with one attached hydrogen (secondary N) is 1. The van der Waals surface area contributed by atoms with Crippen LogP contribution in [0.3, 0.4) is 0 Å². The van der Waals surface area contributed by atoms with E-state index in [4.69, 9.17) is 11.5 Å². The monoisotopic (exact) mass is 417 g/mol. The standard InChI is InChI=1S/C18H16FN5O4S/c19-12-1-5-14(6-2-12)29(27,28)15-7-3-13(4-8-15)24-10-11(9-22-18(21)26)16(23-24)17(20)25/h1-8,10H,9H2,(H2,20,25)(H3,21,22,26). The normalized spacial score (nSPS) is 11.2. The molecule has 3 aromatic rings. The van der Waals surface area contributed by atoms with E-state index in [0.29, 0.717) is 11.3 Å². The molecule has 0 radical (unpaired) electrons. The Labute approximate surface area is 165 Å². The maximum absolute atomic E-state index is 13.0. The van der Waals surface area contributed by atoms with Crippen molar-refractivity contribution >= 4 is 21.8 Å². The van der Waals surface area contributed by atoms with Gasteiger partial charge < -0.3 is 16.8 Å². The Morgan fingerprint density at radius 2 is 1.55 bits per heavy atom. The van der Waals surface area contributed by atoms with Crippen LogP contribution in [0.5, 0.6) is 0 Å². The number of aromatic nitrogens is 2. The number of benzene rings is 2. The summed E-state index contributed by atoms with van der Waals surface area (Å²) in [5.74, 6) is -1.33. The molecule has 9 nitrogen and oxygen atoms in total. The first-order valence-electron chi connectivity index (χ1n) is 8.21. The first kappa shape index (κ1) is 20.0. The number of primary amides is 2. The van der Waals surface area contributed by atoms with Crippen LogP contribution in [0.4, 0.5) is 9.18 Å². The van der Waals surface area contributed by atoms with Crippen molar-refractivity contribution in [2.24, 2.45) is 11.5 Å². The lowest BCUT2D eigenvalue weighted by Crippen LogP contribution is -2.29. The quantitative estimate of drug-likeness (QED) is 0.514. The Hall–Kier alpha value is -3.73. The summed E-state index contributed by atoms with van der Waals surface area (Å²) in [5.41, 5.74) is 11.1. The number of hydrogen-bond donors (Lipinski definition) is 3. The molecule has 2 aromatic carbocycles. The average molecular weight is 417 g/mol. The van der Waals surface area contributed by atoms with Crippen molar-refractivity contribution in [3.8, 4) is 5.69 Å². The van der Waals surface area contributed by atoms with Gasteiger partial charge in [-0.1, -0.05) is 0 Å². The summed E-state index contributed by atoms with van der Waals surface area (Å²) in [6, 6.07) is 9.42. The van der Waals surface area contributed by atoms with Crippen LogP contribution in [-0.4, -0.2) is 30.1 Å². The molecule has 0 aliphatic carbocycles. The van der Waals surface area contributed by atoms with E-state index in [1.165, 1.54) is 47.3 Å². The van der Waals surface area contributed by atoms with Gasteiger partial charge >= 0.3 is 6.03 Å². The number of carbonyl (C=O) groups excluding carboxylic acids is 2. The molecule has 5 N–H and O–H groups in total. The third-order valence-corrected chi connectivity index (χ3v) is 5.80. The molecule has 0 atom stereocenters. The van der Waals surface area contributed by atoms with E-state index in [-0.39, 0.29) is 22.0 Å². The number of halogens is 1. The van der Waals surface area contributed by atoms with E-state index < -0.39 is 27.6 Å². The van der Waals surface area contributed by atoms with Crippen LogP contribution in [0.25, 0.3) is 5.69 Å². The van der Waals surface area contributed by atoms with Crippen LogP contribution in [0, 0.1) is 5.82 Å². The third kappa shape index (κ3) is 4.24. The molecule has 0 bridgehead atoms. The van der Waals surface area contributed by atoms with Gasteiger partial charge in [-0.2, -0.15) is 5.10 Å². The fourth-order valence-electron chi connectivity index (χ4n) is 2.59. The summed E-state index contributed by atoms with van der Waals surface area (Å²) in [4.78, 5) is 22.4. The maximum atomic E-state index is 13.0. The number of nitrogens with two attached hydrogens (primary N) is 2. The molecule has 3 amide bonds. The summed E-state index contributed by atoms with van der Waals surface area (Å²) >= 11 is 0. The SMILES string of the molecule is NC(=O)NCc1cn(-c2ccc(S(=O)(=O)c3ccc(F)cc3)cc2)nc1C(N)=O. The second kappa shape index (κ2) is 7.72. The van der Waals surface area contributed by atoms with Gasteiger partial charge in [0.25, 0.3) is 5.91 Å². The van der Waals surface area contributed by atoms with E-state index >= 15 is 0 Å². The highest BCUT2D eigenvalue weighted by Gasteiger charge is 2.19. The molecule has 150 valence electrons. The number of nitrogens with zero attached hydrogens (tertiary/aromatic N) is 2. The zero-order chi connectivity index (χ0) is 21.2. The van der Waals surface area contributed by atoms with Crippen LogP contribution in [0.15, 0.2) is 64.5 Å². The van der Waals surface area contributed by atoms with Gasteiger partial charge in [0.2, 0.25) is 9.84 Å². The molecule has 11 heteroatoms. The van der Waals surface area contributed by atoms with Gasteiger partial charge in [0.15, 0.2) is 5.69 Å². The number of rotatable bonds is 6. The van der Waals surface area contributed by atoms with Crippen molar-refractivity contribution < 1.29 is 22.4 Å². The molecule has 29 heavy (non-hydrogen) atoms. The first-order chi connectivity index (χ1) is 13.7. The zero-order valence-corrected chi connectivity index (χ0v) is 15.7. The van der Waals surface area contributed by atoms with E-state index in [0.717, 1.165) is 12.1 Å². The van der Waals surface area contributed by atoms with Crippen LogP contribution in [0.1, 0.15) is 16.1 Å². The summed E-state index contributed by atoms with van der Waals surface area (Å²) in [5, 5.41) is 6.42. The van der Waals surface area contributed by atoms with Crippen molar-refractivity contribution in [3.05, 3.63) is 71.8 Å². The fourth-order valence-corrected chi connectivity index (χ4v) is 3.85. The molecule has 0 aliphatic rings. The lowest BCUT2D eigenvalue weighted by molar-refractivity contribution is 0.0994. The second-order valence-corrected chi connectivity index (χ2v) is 7.93. The predicted molar refractivity (Wildman–Crippen MR) is 100 cm³/mol. The van der Waals surface area contributed by atoms with Gasteiger partial charge in [-0.25, -0.2) is 22.3 Å². The lowest BCUT2D eigenvalue weighted by Gasteiger charge is -2.06. The minimum Gasteiger partial charge on any atom is -0.364 e. The summed E-state index contributed by atoms with van der Waals surface area (Å²) in [7, 11) is -3.82. The average Bonchev–Trinajstić information content (AvgIpc) is 3.11. The molecule has 0 fully saturated rings. The van der Waals surface area contributed by atoms with Crippen LogP contribution in [0.2, 0.25) is 0 Å². The van der Waals surface area contributed by atoms with Crippen molar-refractivity contribution in [2.75, 3.05) is 0 Å². The highest BCUT2D eigenvalue weighted by Crippen LogP contribution is 2.22. The first-order valence-corrected chi connectivity index (χ1v) is 9.69. The molecular weight excluding hydrogens is 401 g/mol. The zero-order valence-electron chi connectivity index (χ0n) is 14.9. The number of sulfone groups is 1. The van der Waals surface area contributed by atoms with Crippen molar-refractivity contribution in [1.82, 2.24) is 15.1 Å². The van der Waals surface area contributed by atoms with E-state index in [9.17, 15) is 22.4 Å². The highest BCUT2D eigenvalue weighted by molar-refractivity contribution is 7.91. The van der Waals surface area contributed by atoms with Gasteiger partial charge in [-0.3, -0.25) is 4.79 Å². The number of hydrogen-bond acceptors (Lipinski definition) is 5. The topological polar surface area (TPSA) is 150 Å². The summed E-state index contributed by atoms with van der Waals surface area (Å²) in [6.45, 7) is -0.0510. The Bertz CT molecular complexity index is 1170. The Kier molecular flexibility index (Phi) is 5.33. The number of amides is 3. The molecule has 0 saturated carbocycles. The van der Waals surface area contributed by atoms with Crippen LogP contribution >= 0.6 is 0 Å². The van der Waals surface area contributed by atoms with Crippen molar-refractivity contribution in [3.63, 3.8) is 0 Å². The summed E-state index contributed by atoms with van der Waals surface area (Å²) in [6.07, 6.45) is 1.47. The van der Waals surface area contributed by atoms with Crippen molar-refractivity contribution in [1.29, 1.82) is 0 Å². The smallest absolute Gasteiger partial charge is 0.312 e. The molecule has 1 heterocycles. The Balaban J connectivity index is 1.92. The Morgan fingerprint density at radius 1 is 1.00 bits per heavy atom. The largest absolute Gasteiger partial charge is 0.364 e. The highest BCUT2D eigenvalue weighted by atomic mass is 32.2. The molecular formula is C18H16FN5O4S.